The van der Waals surface area contributed by atoms with Crippen LogP contribution in [0.25, 0.3) is 0 Å². The smallest absolute Gasteiger partial charge is 0.270 e. The molecule has 1 aromatic heterocycles. The molecular weight excluding hydrogens is 270 g/mol. The van der Waals surface area contributed by atoms with E-state index >= 15 is 0 Å². The number of pyridine rings is 1. The van der Waals surface area contributed by atoms with Crippen molar-refractivity contribution in [1.82, 2.24) is 10.3 Å². The van der Waals surface area contributed by atoms with E-state index in [0.717, 1.165) is 25.7 Å². The number of amides is 1. The van der Waals surface area contributed by atoms with Crippen LogP contribution in [0.15, 0.2) is 18.3 Å². The van der Waals surface area contributed by atoms with Crippen LogP contribution in [0.5, 0.6) is 0 Å². The van der Waals surface area contributed by atoms with Gasteiger partial charge in [-0.1, -0.05) is 26.1 Å². The molecule has 4 nitrogen and oxygen atoms in total. The molecule has 0 radical (unpaired) electrons. The molecule has 108 valence electrons. The van der Waals surface area contributed by atoms with Gasteiger partial charge in [-0.25, -0.2) is 0 Å². The first kappa shape index (κ1) is 14.9. The van der Waals surface area contributed by atoms with Crippen molar-refractivity contribution in [2.75, 3.05) is 0 Å². The van der Waals surface area contributed by atoms with Crippen molar-refractivity contribution >= 4 is 23.1 Å². The van der Waals surface area contributed by atoms with E-state index in [-0.39, 0.29) is 11.9 Å². The molecule has 1 amide bonds. The summed E-state index contributed by atoms with van der Waals surface area (Å²) in [6.45, 7) is 4.56. The maximum absolute atomic E-state index is 12.1. The van der Waals surface area contributed by atoms with Gasteiger partial charge in [0.15, 0.2) is 0 Å². The molecule has 1 aliphatic rings. The molecule has 0 atom stereocenters. The lowest BCUT2D eigenvalue weighted by molar-refractivity contribution is 0.0904. The molecule has 1 aliphatic carbocycles. The Kier molecular flexibility index (Phi) is 4.38. The minimum Gasteiger partial charge on any atom is -0.389 e. The third-order valence-corrected chi connectivity index (χ3v) is 4.19. The molecule has 0 saturated heterocycles. The number of carbonyl (C=O) groups is 1. The average Bonchev–Trinajstić information content (AvgIpc) is 2.41. The van der Waals surface area contributed by atoms with Gasteiger partial charge in [-0.15, -0.1) is 0 Å². The van der Waals surface area contributed by atoms with Crippen LogP contribution in [0.4, 0.5) is 0 Å². The lowest BCUT2D eigenvalue weighted by atomic mass is 9.75. The summed E-state index contributed by atoms with van der Waals surface area (Å²) in [5, 5.41) is 3.06. The normalized spacial score (nSPS) is 18.5. The molecule has 0 aromatic carbocycles. The Bertz CT molecular complexity index is 500. The molecule has 1 heterocycles. The first-order valence-corrected chi connectivity index (χ1v) is 7.35. The second-order valence-corrected chi connectivity index (χ2v) is 6.65. The van der Waals surface area contributed by atoms with Crippen molar-refractivity contribution in [1.29, 1.82) is 0 Å². The standard InChI is InChI=1S/C15H21N3OS/c1-15(2)7-5-11(6-8-15)18-14(19)12-4-3-10(9-17-12)13(16)20/h3-4,9,11H,5-8H2,1-2H3,(H2,16,20)(H,18,19). The van der Waals surface area contributed by atoms with E-state index in [4.69, 9.17) is 18.0 Å². The lowest BCUT2D eigenvalue weighted by Gasteiger charge is -2.34. The fraction of sp³-hybridized carbons (Fsp3) is 0.533. The zero-order valence-electron chi connectivity index (χ0n) is 12.0. The van der Waals surface area contributed by atoms with Crippen LogP contribution >= 0.6 is 12.2 Å². The van der Waals surface area contributed by atoms with Gasteiger partial charge in [0, 0.05) is 17.8 Å². The summed E-state index contributed by atoms with van der Waals surface area (Å²) < 4.78 is 0. The quantitative estimate of drug-likeness (QED) is 0.839. The first-order valence-electron chi connectivity index (χ1n) is 6.94. The Hall–Kier alpha value is -1.49. The monoisotopic (exact) mass is 291 g/mol. The Balaban J connectivity index is 1.93. The largest absolute Gasteiger partial charge is 0.389 e. The molecule has 1 aromatic rings. The fourth-order valence-electron chi connectivity index (χ4n) is 2.48. The number of nitrogens with one attached hydrogen (secondary N) is 1. The number of hydrogen-bond acceptors (Lipinski definition) is 3. The third kappa shape index (κ3) is 3.76. The maximum atomic E-state index is 12.1. The van der Waals surface area contributed by atoms with Crippen LogP contribution in [0.1, 0.15) is 55.6 Å². The fourth-order valence-corrected chi connectivity index (χ4v) is 2.60. The van der Waals surface area contributed by atoms with E-state index in [0.29, 0.717) is 21.7 Å². The van der Waals surface area contributed by atoms with E-state index in [9.17, 15) is 4.79 Å². The lowest BCUT2D eigenvalue weighted by Crippen LogP contribution is -2.39. The number of thiocarbonyl (C=S) groups is 1. The summed E-state index contributed by atoms with van der Waals surface area (Å²) in [7, 11) is 0. The molecule has 0 unspecified atom stereocenters. The third-order valence-electron chi connectivity index (χ3n) is 3.96. The maximum Gasteiger partial charge on any atom is 0.270 e. The number of rotatable bonds is 3. The number of carbonyl (C=O) groups excluding carboxylic acids is 1. The van der Waals surface area contributed by atoms with Gasteiger partial charge in [0.2, 0.25) is 0 Å². The highest BCUT2D eigenvalue weighted by Gasteiger charge is 2.27. The minimum atomic E-state index is -0.121. The van der Waals surface area contributed by atoms with Gasteiger partial charge in [-0.3, -0.25) is 9.78 Å². The van der Waals surface area contributed by atoms with Crippen molar-refractivity contribution in [3.05, 3.63) is 29.6 Å². The van der Waals surface area contributed by atoms with Crippen molar-refractivity contribution in [2.24, 2.45) is 11.1 Å². The zero-order chi connectivity index (χ0) is 14.8. The van der Waals surface area contributed by atoms with Gasteiger partial charge < -0.3 is 11.1 Å². The van der Waals surface area contributed by atoms with Crippen molar-refractivity contribution in [2.45, 2.75) is 45.6 Å². The first-order chi connectivity index (χ1) is 9.37. The number of nitrogens with two attached hydrogens (primary N) is 1. The summed E-state index contributed by atoms with van der Waals surface area (Å²) in [4.78, 5) is 16.5. The predicted molar refractivity (Wildman–Crippen MR) is 83.6 cm³/mol. The summed E-state index contributed by atoms with van der Waals surface area (Å²) in [5.41, 5.74) is 7.00. The Morgan fingerprint density at radius 3 is 2.55 bits per heavy atom. The van der Waals surface area contributed by atoms with E-state index in [1.807, 2.05) is 0 Å². The highest BCUT2D eigenvalue weighted by atomic mass is 32.1. The number of hydrogen-bond donors (Lipinski definition) is 2. The molecule has 1 fully saturated rings. The Morgan fingerprint density at radius 1 is 1.40 bits per heavy atom. The SMILES string of the molecule is CC1(C)CCC(NC(=O)c2ccc(C(N)=S)cn2)CC1. The van der Waals surface area contributed by atoms with Crippen molar-refractivity contribution in [3.63, 3.8) is 0 Å². The average molecular weight is 291 g/mol. The van der Waals surface area contributed by atoms with E-state index < -0.39 is 0 Å². The topological polar surface area (TPSA) is 68.0 Å². The van der Waals surface area contributed by atoms with Gasteiger partial charge in [-0.05, 0) is 43.2 Å². The summed E-state index contributed by atoms with van der Waals surface area (Å²) in [6, 6.07) is 3.65. The van der Waals surface area contributed by atoms with Gasteiger partial charge in [0.25, 0.3) is 5.91 Å². The molecule has 0 bridgehead atoms. The van der Waals surface area contributed by atoms with Gasteiger partial charge in [-0.2, -0.15) is 0 Å². The second-order valence-electron chi connectivity index (χ2n) is 6.21. The highest BCUT2D eigenvalue weighted by molar-refractivity contribution is 7.80. The number of nitrogens with zero attached hydrogens (tertiary/aromatic N) is 1. The summed E-state index contributed by atoms with van der Waals surface area (Å²) >= 11 is 4.86. The molecule has 0 spiro atoms. The summed E-state index contributed by atoms with van der Waals surface area (Å²) in [6.07, 6.45) is 5.90. The zero-order valence-corrected chi connectivity index (χ0v) is 12.8. The molecule has 1 saturated carbocycles. The van der Waals surface area contributed by atoms with Gasteiger partial charge >= 0.3 is 0 Å². The molecule has 0 aliphatic heterocycles. The van der Waals surface area contributed by atoms with Crippen LogP contribution in [-0.2, 0) is 0 Å². The molecule has 20 heavy (non-hydrogen) atoms. The molecular formula is C15H21N3OS. The molecule has 5 heteroatoms. The second kappa shape index (κ2) is 5.87. The van der Waals surface area contributed by atoms with Crippen LogP contribution in [0.3, 0.4) is 0 Å². The Labute approximate surface area is 125 Å². The van der Waals surface area contributed by atoms with Crippen LogP contribution in [0, 0.1) is 5.41 Å². The van der Waals surface area contributed by atoms with E-state index in [1.165, 1.54) is 0 Å². The van der Waals surface area contributed by atoms with E-state index in [2.05, 4.69) is 24.1 Å². The van der Waals surface area contributed by atoms with Crippen molar-refractivity contribution in [3.8, 4) is 0 Å². The van der Waals surface area contributed by atoms with Crippen LogP contribution in [0.2, 0.25) is 0 Å². The van der Waals surface area contributed by atoms with Crippen molar-refractivity contribution < 1.29 is 4.79 Å². The van der Waals surface area contributed by atoms with Gasteiger partial charge in [0.1, 0.15) is 10.7 Å². The molecule has 3 N–H and O–H groups in total. The molecule has 2 rings (SSSR count). The Morgan fingerprint density at radius 2 is 2.05 bits per heavy atom. The van der Waals surface area contributed by atoms with E-state index in [1.54, 1.807) is 18.3 Å². The highest BCUT2D eigenvalue weighted by Crippen LogP contribution is 2.34. The van der Waals surface area contributed by atoms with Gasteiger partial charge in [0.05, 0.1) is 0 Å². The van der Waals surface area contributed by atoms with Crippen LogP contribution < -0.4 is 11.1 Å². The number of aromatic nitrogens is 1. The summed E-state index contributed by atoms with van der Waals surface area (Å²) in [5.74, 6) is -0.121. The van der Waals surface area contributed by atoms with Crippen LogP contribution in [-0.4, -0.2) is 21.9 Å². The minimum absolute atomic E-state index is 0.121. The predicted octanol–water partition coefficient (Wildman–Crippen LogP) is 2.41.